The Kier molecular flexibility index (Phi) is 11.2. The molecule has 0 radical (unpaired) electrons. The van der Waals surface area contributed by atoms with Gasteiger partial charge in [-0.25, -0.2) is 0 Å². The summed E-state index contributed by atoms with van der Waals surface area (Å²) >= 11 is 0. The molecule has 0 bridgehead atoms. The lowest BCUT2D eigenvalue weighted by Crippen LogP contribution is -2.47. The molecule has 226 valence electrons. The minimum atomic E-state index is -0.201. The molecule has 0 N–H and O–H groups in total. The largest absolute Gasteiger partial charge is 0.497 e. The van der Waals surface area contributed by atoms with Gasteiger partial charge in [-0.1, -0.05) is 6.07 Å². The fraction of sp³-hybridized carbons (Fsp3) is 0.438. The molecular weight excluding hydrogens is 538 g/mol. The van der Waals surface area contributed by atoms with Crippen molar-refractivity contribution < 1.29 is 33.0 Å². The number of aryl methyl sites for hydroxylation is 1. The van der Waals surface area contributed by atoms with Gasteiger partial charge in [0.25, 0.3) is 5.91 Å². The van der Waals surface area contributed by atoms with E-state index in [0.29, 0.717) is 74.4 Å². The highest BCUT2D eigenvalue weighted by Gasteiger charge is 2.24. The van der Waals surface area contributed by atoms with Gasteiger partial charge in [-0.3, -0.25) is 14.5 Å². The maximum Gasteiger partial charge on any atom is 0.254 e. The quantitative estimate of drug-likeness (QED) is 0.286. The molecule has 1 aliphatic heterocycles. The number of hydrogen-bond donors (Lipinski definition) is 0. The van der Waals surface area contributed by atoms with Crippen LogP contribution in [0.15, 0.2) is 59.0 Å². The number of ether oxygens (including phenoxy) is 4. The van der Waals surface area contributed by atoms with Crippen molar-refractivity contribution in [1.29, 1.82) is 0 Å². The van der Waals surface area contributed by atoms with Gasteiger partial charge >= 0.3 is 0 Å². The molecule has 42 heavy (non-hydrogen) atoms. The van der Waals surface area contributed by atoms with Crippen LogP contribution in [-0.2, 0) is 22.5 Å². The van der Waals surface area contributed by atoms with Crippen molar-refractivity contribution in [2.24, 2.45) is 0 Å². The van der Waals surface area contributed by atoms with Crippen molar-refractivity contribution >= 4 is 11.8 Å². The summed E-state index contributed by atoms with van der Waals surface area (Å²) in [5.74, 6) is 3.05. The second-order valence-corrected chi connectivity index (χ2v) is 10.2. The van der Waals surface area contributed by atoms with Crippen LogP contribution >= 0.6 is 0 Å². The maximum absolute atomic E-state index is 13.9. The summed E-state index contributed by atoms with van der Waals surface area (Å²) in [5, 5.41) is 0. The number of benzene rings is 2. The first-order valence-electron chi connectivity index (χ1n) is 14.2. The molecule has 2 amide bonds. The molecule has 10 heteroatoms. The summed E-state index contributed by atoms with van der Waals surface area (Å²) < 4.78 is 27.4. The zero-order valence-corrected chi connectivity index (χ0v) is 25.0. The Hall–Kier alpha value is -4.02. The van der Waals surface area contributed by atoms with Gasteiger partial charge in [0, 0.05) is 38.3 Å². The standard InChI is InChI=1S/C32H41N3O7/c1-24-5-9-28(42-24)22-34(14-13-25-6-12-29(39-3)30(21-25)40-4)31(36)23-35(16-15-33-17-19-41-20-18-33)32(37)26-7-10-27(38-2)11-8-26/h5-12,21H,13-20,22-23H2,1-4H3. The van der Waals surface area contributed by atoms with E-state index in [-0.39, 0.29) is 18.4 Å². The molecule has 1 fully saturated rings. The third-order valence-electron chi connectivity index (χ3n) is 7.35. The van der Waals surface area contributed by atoms with Crippen molar-refractivity contribution in [3.8, 4) is 17.2 Å². The van der Waals surface area contributed by atoms with Crippen LogP contribution in [0.3, 0.4) is 0 Å². The molecule has 0 spiro atoms. The lowest BCUT2D eigenvalue weighted by Gasteiger charge is -2.31. The third-order valence-corrected chi connectivity index (χ3v) is 7.35. The fourth-order valence-corrected chi connectivity index (χ4v) is 4.87. The molecule has 10 nitrogen and oxygen atoms in total. The van der Waals surface area contributed by atoms with Gasteiger partial charge in [-0.2, -0.15) is 0 Å². The van der Waals surface area contributed by atoms with Gasteiger partial charge in [0.1, 0.15) is 23.8 Å². The highest BCUT2D eigenvalue weighted by molar-refractivity contribution is 5.96. The van der Waals surface area contributed by atoms with Crippen LogP contribution in [0.4, 0.5) is 0 Å². The Morgan fingerprint density at radius 2 is 1.60 bits per heavy atom. The van der Waals surface area contributed by atoms with Crippen LogP contribution in [0.1, 0.15) is 27.4 Å². The van der Waals surface area contributed by atoms with Crippen LogP contribution in [-0.4, -0.2) is 100 Å². The first-order chi connectivity index (χ1) is 20.4. The van der Waals surface area contributed by atoms with Gasteiger partial charge in [0.15, 0.2) is 11.5 Å². The van der Waals surface area contributed by atoms with E-state index in [9.17, 15) is 9.59 Å². The number of methoxy groups -OCH3 is 3. The molecule has 1 saturated heterocycles. The van der Waals surface area contributed by atoms with Crippen molar-refractivity contribution in [2.75, 3.05) is 73.8 Å². The smallest absolute Gasteiger partial charge is 0.254 e. The highest BCUT2D eigenvalue weighted by atomic mass is 16.5. The molecule has 3 aromatic rings. The van der Waals surface area contributed by atoms with E-state index >= 15 is 0 Å². The number of morpholine rings is 1. The summed E-state index contributed by atoms with van der Waals surface area (Å²) in [4.78, 5) is 33.2. The molecule has 4 rings (SSSR count). The molecule has 1 aliphatic rings. The number of hydrogen-bond acceptors (Lipinski definition) is 8. The Morgan fingerprint density at radius 1 is 0.857 bits per heavy atom. The molecule has 1 aromatic heterocycles. The van der Waals surface area contributed by atoms with Crippen molar-refractivity contribution in [3.05, 3.63) is 77.2 Å². The average Bonchev–Trinajstić information content (AvgIpc) is 3.45. The summed E-state index contributed by atoms with van der Waals surface area (Å²) in [7, 11) is 4.78. The van der Waals surface area contributed by atoms with E-state index < -0.39 is 0 Å². The Bertz CT molecular complexity index is 1300. The van der Waals surface area contributed by atoms with Crippen LogP contribution < -0.4 is 14.2 Å². The zero-order chi connectivity index (χ0) is 29.9. The second kappa shape index (κ2) is 15.3. The second-order valence-electron chi connectivity index (χ2n) is 10.2. The van der Waals surface area contributed by atoms with E-state index in [0.717, 1.165) is 24.4 Å². The average molecular weight is 580 g/mol. The van der Waals surface area contributed by atoms with Crippen LogP contribution in [0.5, 0.6) is 17.2 Å². The first kappa shape index (κ1) is 30.9. The summed E-state index contributed by atoms with van der Waals surface area (Å²) in [6.07, 6.45) is 0.589. The van der Waals surface area contributed by atoms with Crippen LogP contribution in [0.2, 0.25) is 0 Å². The molecule has 2 aromatic carbocycles. The van der Waals surface area contributed by atoms with E-state index in [1.807, 2.05) is 37.3 Å². The Labute approximate surface area is 247 Å². The fourth-order valence-electron chi connectivity index (χ4n) is 4.87. The molecular formula is C32H41N3O7. The lowest BCUT2D eigenvalue weighted by atomic mass is 10.1. The first-order valence-corrected chi connectivity index (χ1v) is 14.2. The topological polar surface area (TPSA) is 93.9 Å². The number of carbonyl (C=O) groups is 2. The van der Waals surface area contributed by atoms with Gasteiger partial charge < -0.3 is 33.2 Å². The van der Waals surface area contributed by atoms with Gasteiger partial charge in [-0.05, 0) is 67.4 Å². The highest BCUT2D eigenvalue weighted by Crippen LogP contribution is 2.28. The Balaban J connectivity index is 1.52. The number of nitrogens with zero attached hydrogens (tertiary/aromatic N) is 3. The van der Waals surface area contributed by atoms with Gasteiger partial charge in [-0.15, -0.1) is 0 Å². The maximum atomic E-state index is 13.9. The van der Waals surface area contributed by atoms with E-state index in [1.165, 1.54) is 0 Å². The SMILES string of the molecule is COc1ccc(C(=O)N(CCN2CCOCC2)CC(=O)N(CCc2ccc(OC)c(OC)c2)Cc2ccc(C)o2)cc1. The summed E-state index contributed by atoms with van der Waals surface area (Å²) in [5.41, 5.74) is 1.50. The minimum Gasteiger partial charge on any atom is -0.497 e. The molecule has 0 saturated carbocycles. The monoisotopic (exact) mass is 579 g/mol. The Morgan fingerprint density at radius 3 is 2.24 bits per heavy atom. The summed E-state index contributed by atoms with van der Waals surface area (Å²) in [6, 6.07) is 16.5. The van der Waals surface area contributed by atoms with Crippen LogP contribution in [0.25, 0.3) is 0 Å². The van der Waals surface area contributed by atoms with E-state index in [1.54, 1.807) is 55.4 Å². The number of furan rings is 1. The summed E-state index contributed by atoms with van der Waals surface area (Å²) in [6.45, 7) is 6.55. The van der Waals surface area contributed by atoms with Gasteiger partial charge in [0.2, 0.25) is 5.91 Å². The number of rotatable bonds is 14. The van der Waals surface area contributed by atoms with Gasteiger partial charge in [0.05, 0.1) is 41.1 Å². The van der Waals surface area contributed by atoms with Crippen molar-refractivity contribution in [1.82, 2.24) is 14.7 Å². The third kappa shape index (κ3) is 8.50. The van der Waals surface area contributed by atoms with E-state index in [2.05, 4.69) is 4.90 Å². The van der Waals surface area contributed by atoms with Crippen molar-refractivity contribution in [2.45, 2.75) is 19.9 Å². The minimum absolute atomic E-state index is 0.0547. The van der Waals surface area contributed by atoms with Crippen molar-refractivity contribution in [3.63, 3.8) is 0 Å². The predicted molar refractivity (Wildman–Crippen MR) is 158 cm³/mol. The molecule has 2 heterocycles. The number of amides is 2. The molecule has 0 unspecified atom stereocenters. The predicted octanol–water partition coefficient (Wildman–Crippen LogP) is 3.66. The zero-order valence-electron chi connectivity index (χ0n) is 25.0. The van der Waals surface area contributed by atoms with E-state index in [4.69, 9.17) is 23.4 Å². The molecule has 0 aliphatic carbocycles. The molecule has 0 atom stereocenters. The normalized spacial score (nSPS) is 13.4. The number of carbonyl (C=O) groups excluding carboxylic acids is 2. The van der Waals surface area contributed by atoms with Crippen LogP contribution in [0, 0.1) is 6.92 Å². The lowest BCUT2D eigenvalue weighted by molar-refractivity contribution is -0.132.